The number of nitrogens with two attached hydrogens (primary N) is 1. The van der Waals surface area contributed by atoms with Crippen LogP contribution in [0.5, 0.6) is 0 Å². The van der Waals surface area contributed by atoms with Gasteiger partial charge in [-0.25, -0.2) is 4.79 Å². The molecule has 0 bridgehead atoms. The van der Waals surface area contributed by atoms with Gasteiger partial charge in [0.05, 0.1) is 17.8 Å². The van der Waals surface area contributed by atoms with Crippen LogP contribution in [0.4, 0.5) is 17.4 Å². The number of nitrogens with zero attached hydrogens (tertiary/aromatic N) is 3. The predicted molar refractivity (Wildman–Crippen MR) is 110 cm³/mol. The molecule has 4 N–H and O–H groups in total. The highest BCUT2D eigenvalue weighted by Gasteiger charge is 2.23. The van der Waals surface area contributed by atoms with E-state index in [9.17, 15) is 4.79 Å². The minimum Gasteiger partial charge on any atom is -0.461 e. The molecule has 2 heterocycles. The number of hydrogen-bond donors (Lipinski definition) is 3. The molecule has 0 atom stereocenters. The van der Waals surface area contributed by atoms with Gasteiger partial charge in [0.1, 0.15) is 11.8 Å². The van der Waals surface area contributed by atoms with Crippen LogP contribution in [0.15, 0.2) is 35.2 Å². The first kappa shape index (κ1) is 19.0. The Bertz CT molecular complexity index is 997. The lowest BCUT2D eigenvalue weighted by Crippen LogP contribution is -2.32. The van der Waals surface area contributed by atoms with Gasteiger partial charge in [-0.1, -0.05) is 0 Å². The number of carbonyl (C=O) groups excluding carboxylic acids is 1. The molecule has 1 fully saturated rings. The van der Waals surface area contributed by atoms with Crippen molar-refractivity contribution in [3.8, 4) is 0 Å². The number of anilines is 3. The van der Waals surface area contributed by atoms with E-state index in [4.69, 9.17) is 14.9 Å². The topological polar surface area (TPSA) is 128 Å². The fourth-order valence-corrected chi connectivity index (χ4v) is 3.62. The van der Waals surface area contributed by atoms with Gasteiger partial charge in [0.25, 0.3) is 6.01 Å². The number of benzene rings is 1. The first-order chi connectivity index (χ1) is 14.1. The Hall–Kier alpha value is -3.36. The Morgan fingerprint density at radius 3 is 2.66 bits per heavy atom. The first-order valence-corrected chi connectivity index (χ1v) is 9.78. The number of carbonyl (C=O) groups is 1. The number of fused-ring (bicyclic) bond motifs is 1. The van der Waals surface area contributed by atoms with Crippen LogP contribution in [0.25, 0.3) is 11.0 Å². The van der Waals surface area contributed by atoms with Crippen molar-refractivity contribution in [1.82, 2.24) is 15.0 Å². The lowest BCUT2D eigenvalue weighted by Gasteiger charge is -2.30. The van der Waals surface area contributed by atoms with E-state index in [0.29, 0.717) is 24.4 Å². The summed E-state index contributed by atoms with van der Waals surface area (Å²) in [5, 5.41) is 6.84. The summed E-state index contributed by atoms with van der Waals surface area (Å²) in [5.74, 6) is -0.477. The Morgan fingerprint density at radius 2 is 1.90 bits per heavy atom. The zero-order valence-corrected chi connectivity index (χ0v) is 16.2. The molecule has 152 valence electrons. The molecule has 1 aliphatic carbocycles. The van der Waals surface area contributed by atoms with Crippen molar-refractivity contribution in [1.29, 1.82) is 0 Å². The van der Waals surface area contributed by atoms with Crippen molar-refractivity contribution >= 4 is 34.4 Å². The van der Waals surface area contributed by atoms with Crippen LogP contribution in [0.2, 0.25) is 0 Å². The van der Waals surface area contributed by atoms with E-state index < -0.39 is 5.97 Å². The minimum atomic E-state index is -0.477. The van der Waals surface area contributed by atoms with Crippen molar-refractivity contribution in [2.24, 2.45) is 0 Å². The van der Waals surface area contributed by atoms with Gasteiger partial charge in [-0.15, -0.1) is 0 Å². The number of oxazole rings is 1. The summed E-state index contributed by atoms with van der Waals surface area (Å²) < 4.78 is 10.3. The Morgan fingerprint density at radius 1 is 1.17 bits per heavy atom. The molecule has 3 aromatic rings. The van der Waals surface area contributed by atoms with Crippen LogP contribution in [-0.2, 0) is 4.74 Å². The van der Waals surface area contributed by atoms with Crippen LogP contribution in [0, 0.1) is 0 Å². The predicted octanol–water partition coefficient (Wildman–Crippen LogP) is 3.21. The average molecular weight is 396 g/mol. The third kappa shape index (κ3) is 4.39. The van der Waals surface area contributed by atoms with Crippen molar-refractivity contribution in [2.45, 2.75) is 44.7 Å². The Kier molecular flexibility index (Phi) is 5.46. The number of ether oxygens (including phenoxy) is 1. The summed E-state index contributed by atoms with van der Waals surface area (Å²) in [5.41, 5.74) is 9.38. The molecule has 1 aromatic carbocycles. The quantitative estimate of drug-likeness (QED) is 0.425. The number of nitrogens with one attached hydrogen (secondary N) is 2. The molecule has 0 saturated heterocycles. The first-order valence-electron chi connectivity index (χ1n) is 9.78. The molecular weight excluding hydrogens is 372 g/mol. The maximum atomic E-state index is 11.7. The fourth-order valence-electron chi connectivity index (χ4n) is 3.62. The maximum absolute atomic E-state index is 11.7. The van der Waals surface area contributed by atoms with Crippen LogP contribution >= 0.6 is 0 Å². The second-order valence-corrected chi connectivity index (χ2v) is 7.09. The molecule has 2 aromatic heterocycles. The standard InChI is InChI=1S/C20H24N6O3/c1-2-28-19(27)17-11-29-20(26-17)25-14-5-3-13(4-6-14)24-16-10-12(21)9-15-18(16)23-8-7-22-15/h7-11,13-14,24H,2-6,21H2,1H3,(H,25,26). The monoisotopic (exact) mass is 396 g/mol. The van der Waals surface area contributed by atoms with Gasteiger partial charge in [0.15, 0.2) is 5.69 Å². The van der Waals surface area contributed by atoms with E-state index in [-0.39, 0.29) is 11.7 Å². The van der Waals surface area contributed by atoms with Crippen LogP contribution in [0.3, 0.4) is 0 Å². The van der Waals surface area contributed by atoms with Crippen LogP contribution in [-0.4, -0.2) is 39.6 Å². The largest absolute Gasteiger partial charge is 0.461 e. The van der Waals surface area contributed by atoms with Gasteiger partial charge in [-0.05, 0) is 44.7 Å². The van der Waals surface area contributed by atoms with E-state index in [0.717, 1.165) is 42.4 Å². The number of aromatic nitrogens is 3. The molecule has 29 heavy (non-hydrogen) atoms. The second kappa shape index (κ2) is 8.34. The summed E-state index contributed by atoms with van der Waals surface area (Å²) in [6, 6.07) is 4.64. The molecule has 0 radical (unpaired) electrons. The van der Waals surface area contributed by atoms with Crippen molar-refractivity contribution in [3.63, 3.8) is 0 Å². The maximum Gasteiger partial charge on any atom is 0.360 e. The highest BCUT2D eigenvalue weighted by atomic mass is 16.5. The molecule has 9 heteroatoms. The minimum absolute atomic E-state index is 0.180. The zero-order valence-electron chi connectivity index (χ0n) is 16.2. The van der Waals surface area contributed by atoms with Gasteiger partial charge in [-0.3, -0.25) is 9.97 Å². The number of esters is 1. The smallest absolute Gasteiger partial charge is 0.360 e. The van der Waals surface area contributed by atoms with Crippen molar-refractivity contribution < 1.29 is 13.9 Å². The van der Waals surface area contributed by atoms with Gasteiger partial charge < -0.3 is 25.5 Å². The molecule has 4 rings (SSSR count). The molecule has 0 spiro atoms. The second-order valence-electron chi connectivity index (χ2n) is 7.09. The third-order valence-electron chi connectivity index (χ3n) is 5.00. The Labute approximate surface area is 168 Å². The summed E-state index contributed by atoms with van der Waals surface area (Å²) >= 11 is 0. The number of hydrogen-bond acceptors (Lipinski definition) is 9. The molecule has 0 unspecified atom stereocenters. The van der Waals surface area contributed by atoms with Gasteiger partial charge in [0, 0.05) is 30.2 Å². The van der Waals surface area contributed by atoms with E-state index in [1.54, 1.807) is 19.3 Å². The summed E-state index contributed by atoms with van der Waals surface area (Å²) in [4.78, 5) is 24.6. The van der Waals surface area contributed by atoms with Crippen LogP contribution in [0.1, 0.15) is 43.1 Å². The van der Waals surface area contributed by atoms with Crippen molar-refractivity contribution in [2.75, 3.05) is 23.0 Å². The van der Waals surface area contributed by atoms with E-state index >= 15 is 0 Å². The molecule has 1 saturated carbocycles. The highest BCUT2D eigenvalue weighted by molar-refractivity contribution is 5.90. The van der Waals surface area contributed by atoms with E-state index in [1.165, 1.54) is 6.26 Å². The van der Waals surface area contributed by atoms with E-state index in [1.807, 2.05) is 12.1 Å². The number of rotatable bonds is 6. The normalized spacial score (nSPS) is 19.1. The number of nitrogen functional groups attached to an aromatic ring is 1. The van der Waals surface area contributed by atoms with Gasteiger partial charge in [-0.2, -0.15) is 4.98 Å². The van der Waals surface area contributed by atoms with Crippen LogP contribution < -0.4 is 16.4 Å². The highest BCUT2D eigenvalue weighted by Crippen LogP contribution is 2.29. The van der Waals surface area contributed by atoms with Gasteiger partial charge in [0.2, 0.25) is 0 Å². The molecular formula is C20H24N6O3. The van der Waals surface area contributed by atoms with Crippen molar-refractivity contribution in [3.05, 3.63) is 36.5 Å². The third-order valence-corrected chi connectivity index (χ3v) is 5.00. The summed E-state index contributed by atoms with van der Waals surface area (Å²) in [6.45, 7) is 2.06. The average Bonchev–Trinajstić information content (AvgIpc) is 3.18. The fraction of sp³-hybridized carbons (Fsp3) is 0.400. The molecule has 1 aliphatic rings. The summed E-state index contributed by atoms with van der Waals surface area (Å²) in [7, 11) is 0. The Balaban J connectivity index is 1.34. The van der Waals surface area contributed by atoms with Gasteiger partial charge >= 0.3 is 5.97 Å². The van der Waals surface area contributed by atoms with E-state index in [2.05, 4.69) is 25.6 Å². The zero-order chi connectivity index (χ0) is 20.2. The molecule has 9 nitrogen and oxygen atoms in total. The molecule has 0 aliphatic heterocycles. The SMILES string of the molecule is CCOC(=O)c1coc(NC2CCC(Nc3cc(N)cc4nccnc34)CC2)n1. The lowest BCUT2D eigenvalue weighted by molar-refractivity contribution is 0.0519. The lowest BCUT2D eigenvalue weighted by atomic mass is 9.91. The summed E-state index contributed by atoms with van der Waals surface area (Å²) in [6.07, 6.45) is 8.50. The molecule has 0 amide bonds.